The zero-order chi connectivity index (χ0) is 12.7. The van der Waals surface area contributed by atoms with Gasteiger partial charge in [-0.2, -0.15) is 0 Å². The first-order valence-electron chi connectivity index (χ1n) is 5.90. The number of aromatic hydroxyl groups is 1. The molecule has 0 atom stereocenters. The maximum absolute atomic E-state index is 12.1. The van der Waals surface area contributed by atoms with E-state index in [0.717, 1.165) is 22.9 Å². The summed E-state index contributed by atoms with van der Waals surface area (Å²) >= 11 is 3.38. The summed E-state index contributed by atoms with van der Waals surface area (Å²) in [5.74, 6) is 0.0691. The second kappa shape index (κ2) is 4.31. The predicted octanol–water partition coefficient (Wildman–Crippen LogP) is 2.50. The number of halogens is 1. The maximum atomic E-state index is 12.1. The Labute approximate surface area is 113 Å². The summed E-state index contributed by atoms with van der Waals surface area (Å²) in [6.07, 6.45) is 3.48. The Bertz CT molecular complexity index is 623. The van der Waals surface area contributed by atoms with E-state index in [-0.39, 0.29) is 17.6 Å². The van der Waals surface area contributed by atoms with Crippen molar-refractivity contribution in [3.8, 4) is 5.88 Å². The molecule has 0 bridgehead atoms. The number of nitrogens with zero attached hydrogens (tertiary/aromatic N) is 2. The lowest BCUT2D eigenvalue weighted by Gasteiger charge is -2.02. The van der Waals surface area contributed by atoms with E-state index >= 15 is 0 Å². The molecule has 0 unspecified atom stereocenters. The normalized spacial score (nSPS) is 14.9. The van der Waals surface area contributed by atoms with E-state index in [9.17, 15) is 9.90 Å². The van der Waals surface area contributed by atoms with E-state index in [1.165, 1.54) is 10.8 Å². The average molecular weight is 309 g/mol. The van der Waals surface area contributed by atoms with Crippen molar-refractivity contribution in [2.45, 2.75) is 25.4 Å². The predicted molar refractivity (Wildman–Crippen MR) is 71.9 cm³/mol. The summed E-state index contributed by atoms with van der Waals surface area (Å²) in [6, 6.07) is 8.00. The van der Waals surface area contributed by atoms with Crippen LogP contribution >= 0.6 is 15.9 Å². The average Bonchev–Trinajstić information content (AvgIpc) is 3.12. The summed E-state index contributed by atoms with van der Waals surface area (Å²) < 4.78 is 4.05. The molecule has 94 valence electrons. The Balaban J connectivity index is 1.91. The second-order valence-corrected chi connectivity index (χ2v) is 5.54. The van der Waals surface area contributed by atoms with Crippen LogP contribution < -0.4 is 5.69 Å². The third-order valence-corrected chi connectivity index (χ3v) is 3.68. The Morgan fingerprint density at radius 1 is 1.28 bits per heavy atom. The van der Waals surface area contributed by atoms with Crippen molar-refractivity contribution in [2.75, 3.05) is 0 Å². The van der Waals surface area contributed by atoms with Crippen LogP contribution in [-0.2, 0) is 6.54 Å². The molecule has 18 heavy (non-hydrogen) atoms. The van der Waals surface area contributed by atoms with Crippen molar-refractivity contribution in [2.24, 2.45) is 0 Å². The first-order valence-corrected chi connectivity index (χ1v) is 6.69. The molecule has 4 nitrogen and oxygen atoms in total. The van der Waals surface area contributed by atoms with E-state index in [4.69, 9.17) is 0 Å². The third kappa shape index (κ3) is 2.10. The van der Waals surface area contributed by atoms with Gasteiger partial charge < -0.3 is 5.11 Å². The van der Waals surface area contributed by atoms with Crippen LogP contribution in [0.25, 0.3) is 0 Å². The molecule has 0 radical (unpaired) electrons. The molecule has 1 aliphatic carbocycles. The van der Waals surface area contributed by atoms with Crippen molar-refractivity contribution in [1.82, 2.24) is 9.13 Å². The number of rotatable bonds is 3. The number of benzene rings is 1. The number of hydrogen-bond acceptors (Lipinski definition) is 2. The molecule has 0 aliphatic heterocycles. The fraction of sp³-hybridized carbons (Fsp3) is 0.308. The fourth-order valence-corrected chi connectivity index (χ4v) is 2.33. The van der Waals surface area contributed by atoms with E-state index in [1.54, 1.807) is 4.57 Å². The number of hydrogen-bond donors (Lipinski definition) is 1. The lowest BCUT2D eigenvalue weighted by Crippen LogP contribution is -2.23. The quantitative estimate of drug-likeness (QED) is 0.947. The van der Waals surface area contributed by atoms with Gasteiger partial charge in [-0.25, -0.2) is 4.79 Å². The highest BCUT2D eigenvalue weighted by molar-refractivity contribution is 9.10. The van der Waals surface area contributed by atoms with Crippen molar-refractivity contribution in [1.29, 1.82) is 0 Å². The monoisotopic (exact) mass is 308 g/mol. The second-order valence-electron chi connectivity index (χ2n) is 4.63. The van der Waals surface area contributed by atoms with Gasteiger partial charge >= 0.3 is 5.69 Å². The van der Waals surface area contributed by atoms with Gasteiger partial charge in [0.05, 0.1) is 12.7 Å². The summed E-state index contributed by atoms with van der Waals surface area (Å²) in [5, 5.41) is 9.78. The van der Waals surface area contributed by atoms with Gasteiger partial charge in [-0.15, -0.1) is 0 Å². The molecule has 1 fully saturated rings. The Morgan fingerprint density at radius 3 is 2.56 bits per heavy atom. The molecule has 3 rings (SSSR count). The Morgan fingerprint density at radius 2 is 1.94 bits per heavy atom. The molecule has 1 aliphatic rings. The van der Waals surface area contributed by atoms with Gasteiger partial charge in [0.25, 0.3) is 0 Å². The summed E-state index contributed by atoms with van der Waals surface area (Å²) in [6.45, 7) is 0.486. The standard InChI is InChI=1S/C13H13BrN2O2/c14-10-3-1-9(2-4-10)7-15-8-12(17)16(13(15)18)11-5-6-11/h1-4,8,11,17H,5-7H2. The smallest absolute Gasteiger partial charge is 0.331 e. The van der Waals surface area contributed by atoms with Crippen LogP contribution in [0.3, 0.4) is 0 Å². The SMILES string of the molecule is O=c1n(Cc2ccc(Br)cc2)cc(O)n1C1CC1. The van der Waals surface area contributed by atoms with Crippen molar-refractivity contribution >= 4 is 15.9 Å². The highest BCUT2D eigenvalue weighted by Crippen LogP contribution is 2.36. The minimum Gasteiger partial charge on any atom is -0.493 e. The summed E-state index contributed by atoms with van der Waals surface area (Å²) in [7, 11) is 0. The molecule has 0 saturated heterocycles. The van der Waals surface area contributed by atoms with Crippen molar-refractivity contribution in [3.63, 3.8) is 0 Å². The van der Waals surface area contributed by atoms with Gasteiger partial charge in [-0.1, -0.05) is 28.1 Å². The topological polar surface area (TPSA) is 47.2 Å². The molecule has 5 heteroatoms. The first kappa shape index (κ1) is 11.6. The van der Waals surface area contributed by atoms with E-state index in [1.807, 2.05) is 24.3 Å². The van der Waals surface area contributed by atoms with Gasteiger partial charge in [-0.05, 0) is 30.5 Å². The highest BCUT2D eigenvalue weighted by Gasteiger charge is 2.28. The van der Waals surface area contributed by atoms with Crippen molar-refractivity contribution in [3.05, 3.63) is 51.0 Å². The van der Waals surface area contributed by atoms with E-state index < -0.39 is 0 Å². The molecule has 1 saturated carbocycles. The van der Waals surface area contributed by atoms with Gasteiger partial charge in [0, 0.05) is 10.5 Å². The van der Waals surface area contributed by atoms with Crippen LogP contribution in [0.1, 0.15) is 24.4 Å². The van der Waals surface area contributed by atoms with Crippen LogP contribution in [0, 0.1) is 0 Å². The van der Waals surface area contributed by atoms with Crippen molar-refractivity contribution < 1.29 is 5.11 Å². The van der Waals surface area contributed by atoms with Crippen LogP contribution in [0.4, 0.5) is 0 Å². The zero-order valence-corrected chi connectivity index (χ0v) is 11.3. The van der Waals surface area contributed by atoms with Gasteiger partial charge in [0.15, 0.2) is 0 Å². The first-order chi connectivity index (χ1) is 8.65. The molecule has 0 spiro atoms. The summed E-state index contributed by atoms with van der Waals surface area (Å²) in [5.41, 5.74) is 0.908. The zero-order valence-electron chi connectivity index (χ0n) is 9.71. The minimum atomic E-state index is -0.127. The van der Waals surface area contributed by atoms with Crippen LogP contribution in [0.15, 0.2) is 39.7 Å². The maximum Gasteiger partial charge on any atom is 0.331 e. The molecule has 1 heterocycles. The fourth-order valence-electron chi connectivity index (χ4n) is 2.07. The minimum absolute atomic E-state index is 0.0691. The van der Waals surface area contributed by atoms with E-state index in [0.29, 0.717) is 6.54 Å². The lowest BCUT2D eigenvalue weighted by atomic mass is 10.2. The molecule has 1 N–H and O–H groups in total. The highest BCUT2D eigenvalue weighted by atomic mass is 79.9. The molecular weight excluding hydrogens is 296 g/mol. The van der Waals surface area contributed by atoms with Gasteiger partial charge in [0.1, 0.15) is 0 Å². The lowest BCUT2D eigenvalue weighted by molar-refractivity contribution is 0.415. The number of aromatic nitrogens is 2. The summed E-state index contributed by atoms with van der Waals surface area (Å²) in [4.78, 5) is 12.1. The van der Waals surface area contributed by atoms with Crippen LogP contribution in [0.2, 0.25) is 0 Å². The van der Waals surface area contributed by atoms with Crippen LogP contribution in [-0.4, -0.2) is 14.2 Å². The largest absolute Gasteiger partial charge is 0.493 e. The van der Waals surface area contributed by atoms with Gasteiger partial charge in [-0.3, -0.25) is 9.13 Å². The van der Waals surface area contributed by atoms with E-state index in [2.05, 4.69) is 15.9 Å². The molecule has 1 aromatic carbocycles. The Kier molecular flexibility index (Phi) is 2.78. The van der Waals surface area contributed by atoms with Crippen LogP contribution in [0.5, 0.6) is 5.88 Å². The third-order valence-electron chi connectivity index (χ3n) is 3.15. The number of imidazole rings is 1. The Hall–Kier alpha value is -1.49. The molecule has 2 aromatic rings. The molecular formula is C13H13BrN2O2. The molecule has 1 aromatic heterocycles. The van der Waals surface area contributed by atoms with Gasteiger partial charge in [0.2, 0.25) is 5.88 Å². The molecule has 0 amide bonds.